The summed E-state index contributed by atoms with van der Waals surface area (Å²) in [6.45, 7) is 5.63. The first kappa shape index (κ1) is 19.7. The van der Waals surface area contributed by atoms with Crippen LogP contribution in [-0.4, -0.2) is 16.5 Å². The van der Waals surface area contributed by atoms with Gasteiger partial charge >= 0.3 is 0 Å². The average molecular weight is 377 g/mol. The molecule has 0 aliphatic rings. The molecule has 0 amide bonds. The molecule has 3 rings (SSSR count). The molecule has 28 heavy (non-hydrogen) atoms. The number of aryl methyl sites for hydroxylation is 1. The maximum absolute atomic E-state index is 5.84. The Morgan fingerprint density at radius 3 is 2.46 bits per heavy atom. The lowest BCUT2D eigenvalue weighted by atomic mass is 10.2. The van der Waals surface area contributed by atoms with Crippen LogP contribution in [0.4, 0.5) is 17.5 Å². The zero-order valence-corrected chi connectivity index (χ0v) is 16.6. The highest BCUT2D eigenvalue weighted by atomic mass is 16.5. The highest BCUT2D eigenvalue weighted by Gasteiger charge is 2.03. The van der Waals surface area contributed by atoms with Crippen molar-refractivity contribution in [2.75, 3.05) is 17.2 Å². The largest absolute Gasteiger partial charge is 0.489 e. The summed E-state index contributed by atoms with van der Waals surface area (Å²) >= 11 is 0. The quantitative estimate of drug-likeness (QED) is 0.444. The van der Waals surface area contributed by atoms with E-state index in [1.165, 1.54) is 12.8 Å². The molecule has 0 radical (unpaired) electrons. The molecule has 5 nitrogen and oxygen atoms in total. The summed E-state index contributed by atoms with van der Waals surface area (Å²) in [6.07, 6.45) is 3.54. The number of nitrogens with one attached hydrogen (secondary N) is 2. The summed E-state index contributed by atoms with van der Waals surface area (Å²) in [5.74, 6) is 2.29. The summed E-state index contributed by atoms with van der Waals surface area (Å²) < 4.78 is 5.84. The fraction of sp³-hybridized carbons (Fsp3) is 0.304. The van der Waals surface area contributed by atoms with Gasteiger partial charge < -0.3 is 15.4 Å². The number of hydrogen-bond donors (Lipinski definition) is 2. The van der Waals surface area contributed by atoms with Crippen LogP contribution in [0.15, 0.2) is 60.7 Å². The van der Waals surface area contributed by atoms with Gasteiger partial charge in [-0.2, -0.15) is 4.98 Å². The van der Waals surface area contributed by atoms with Crippen molar-refractivity contribution in [2.45, 2.75) is 39.7 Å². The number of nitrogens with zero attached hydrogens (tertiary/aromatic N) is 2. The van der Waals surface area contributed by atoms with Crippen molar-refractivity contribution in [2.24, 2.45) is 0 Å². The minimum Gasteiger partial charge on any atom is -0.489 e. The first-order valence-corrected chi connectivity index (χ1v) is 9.86. The Balaban J connectivity index is 1.56. The maximum atomic E-state index is 5.84. The maximum Gasteiger partial charge on any atom is 0.224 e. The highest BCUT2D eigenvalue weighted by molar-refractivity contribution is 5.58. The molecule has 0 atom stereocenters. The third-order valence-corrected chi connectivity index (χ3v) is 4.29. The zero-order valence-electron chi connectivity index (χ0n) is 16.6. The Labute approximate surface area is 167 Å². The van der Waals surface area contributed by atoms with Crippen molar-refractivity contribution in [3.63, 3.8) is 0 Å². The molecule has 146 valence electrons. The fourth-order valence-corrected chi connectivity index (χ4v) is 2.81. The molecule has 5 heteroatoms. The molecule has 0 aliphatic carbocycles. The van der Waals surface area contributed by atoms with E-state index in [0.29, 0.717) is 12.6 Å². The molecule has 2 N–H and O–H groups in total. The number of rotatable bonds is 10. The Morgan fingerprint density at radius 1 is 0.929 bits per heavy atom. The van der Waals surface area contributed by atoms with E-state index in [4.69, 9.17) is 4.74 Å². The standard InChI is InChI=1S/C23H28N4O/c1-3-4-8-15-24-23-25-18(2)16-22(27-23)26-20-11-13-21(14-12-20)28-17-19-9-6-5-7-10-19/h5-7,9-14,16H,3-4,8,15,17H2,1-2H3,(H2,24,25,26,27). The van der Waals surface area contributed by atoms with Gasteiger partial charge in [-0.25, -0.2) is 4.98 Å². The van der Waals surface area contributed by atoms with Crippen molar-refractivity contribution in [3.8, 4) is 5.75 Å². The van der Waals surface area contributed by atoms with Gasteiger partial charge in [0.05, 0.1) is 0 Å². The second-order valence-corrected chi connectivity index (χ2v) is 6.78. The highest BCUT2D eigenvalue weighted by Crippen LogP contribution is 2.21. The molecule has 0 fully saturated rings. The summed E-state index contributed by atoms with van der Waals surface area (Å²) in [4.78, 5) is 9.02. The zero-order chi connectivity index (χ0) is 19.6. The minimum atomic E-state index is 0.561. The van der Waals surface area contributed by atoms with E-state index >= 15 is 0 Å². The lowest BCUT2D eigenvalue weighted by Gasteiger charge is -2.11. The number of ether oxygens (including phenoxy) is 1. The summed E-state index contributed by atoms with van der Waals surface area (Å²) in [5, 5.41) is 6.65. The molecule has 0 bridgehead atoms. The van der Waals surface area contributed by atoms with Crippen LogP contribution in [0.5, 0.6) is 5.75 Å². The third-order valence-electron chi connectivity index (χ3n) is 4.29. The Kier molecular flexibility index (Phi) is 7.24. The fourth-order valence-electron chi connectivity index (χ4n) is 2.81. The first-order valence-electron chi connectivity index (χ1n) is 9.86. The monoisotopic (exact) mass is 376 g/mol. The molecule has 3 aromatic rings. The van der Waals surface area contributed by atoms with Crippen molar-refractivity contribution < 1.29 is 4.74 Å². The van der Waals surface area contributed by atoms with Gasteiger partial charge in [0, 0.05) is 24.0 Å². The smallest absolute Gasteiger partial charge is 0.224 e. The molecule has 0 spiro atoms. The molecule has 1 heterocycles. The van der Waals surface area contributed by atoms with Crippen molar-refractivity contribution >= 4 is 17.5 Å². The summed E-state index contributed by atoms with van der Waals surface area (Å²) in [6, 6.07) is 20.0. The Hall–Kier alpha value is -3.08. The van der Waals surface area contributed by atoms with E-state index in [0.717, 1.165) is 41.5 Å². The van der Waals surface area contributed by atoms with Crippen molar-refractivity contribution in [1.29, 1.82) is 0 Å². The lowest BCUT2D eigenvalue weighted by Crippen LogP contribution is -2.07. The van der Waals surface area contributed by atoms with E-state index in [1.807, 2.05) is 55.5 Å². The van der Waals surface area contributed by atoms with Gasteiger partial charge in [-0.3, -0.25) is 0 Å². The van der Waals surface area contributed by atoms with Gasteiger partial charge in [0.25, 0.3) is 0 Å². The van der Waals surface area contributed by atoms with Gasteiger partial charge in [0.1, 0.15) is 18.2 Å². The number of benzene rings is 2. The van der Waals surface area contributed by atoms with E-state index in [9.17, 15) is 0 Å². The van der Waals surface area contributed by atoms with Crippen molar-refractivity contribution in [3.05, 3.63) is 71.9 Å². The predicted molar refractivity (Wildman–Crippen MR) is 115 cm³/mol. The molecule has 0 saturated carbocycles. The number of anilines is 3. The molecule has 1 aromatic heterocycles. The van der Waals surface area contributed by atoms with Crippen LogP contribution in [0.2, 0.25) is 0 Å². The third kappa shape index (κ3) is 6.27. The topological polar surface area (TPSA) is 59.1 Å². The Bertz CT molecular complexity index is 850. The Morgan fingerprint density at radius 2 is 1.71 bits per heavy atom. The molecule has 0 saturated heterocycles. The lowest BCUT2D eigenvalue weighted by molar-refractivity contribution is 0.306. The second-order valence-electron chi connectivity index (χ2n) is 6.78. The predicted octanol–water partition coefficient (Wildman–Crippen LogP) is 5.71. The molecule has 0 aliphatic heterocycles. The molecular weight excluding hydrogens is 348 g/mol. The number of unbranched alkanes of at least 4 members (excludes halogenated alkanes) is 2. The minimum absolute atomic E-state index is 0.561. The average Bonchev–Trinajstić information content (AvgIpc) is 2.71. The van der Waals surface area contributed by atoms with Crippen molar-refractivity contribution in [1.82, 2.24) is 9.97 Å². The molecule has 0 unspecified atom stereocenters. The number of hydrogen-bond acceptors (Lipinski definition) is 5. The number of aromatic nitrogens is 2. The summed E-state index contributed by atoms with van der Waals surface area (Å²) in [7, 11) is 0. The van der Waals surface area contributed by atoms with Crippen LogP contribution in [0.3, 0.4) is 0 Å². The van der Waals surface area contributed by atoms with Gasteiger partial charge in [-0.15, -0.1) is 0 Å². The van der Waals surface area contributed by atoms with Crippen LogP contribution >= 0.6 is 0 Å². The second kappa shape index (κ2) is 10.3. The molecular formula is C23H28N4O. The van der Waals surface area contributed by atoms with E-state index < -0.39 is 0 Å². The van der Waals surface area contributed by atoms with E-state index in [-0.39, 0.29) is 0 Å². The van der Waals surface area contributed by atoms with Crippen LogP contribution in [-0.2, 0) is 6.61 Å². The van der Waals surface area contributed by atoms with Gasteiger partial charge in [-0.05, 0) is 43.2 Å². The first-order chi connectivity index (χ1) is 13.7. The van der Waals surface area contributed by atoms with Crippen LogP contribution in [0.1, 0.15) is 37.4 Å². The van der Waals surface area contributed by atoms with Gasteiger partial charge in [-0.1, -0.05) is 50.1 Å². The van der Waals surface area contributed by atoms with Gasteiger partial charge in [0.15, 0.2) is 0 Å². The SMILES string of the molecule is CCCCCNc1nc(C)cc(Nc2ccc(OCc3ccccc3)cc2)n1. The molecule has 2 aromatic carbocycles. The van der Waals surface area contributed by atoms with Gasteiger partial charge in [0.2, 0.25) is 5.95 Å². The normalized spacial score (nSPS) is 10.5. The van der Waals surface area contributed by atoms with E-state index in [1.54, 1.807) is 0 Å². The van der Waals surface area contributed by atoms with E-state index in [2.05, 4.69) is 39.7 Å². The van der Waals surface area contributed by atoms with Crippen LogP contribution in [0.25, 0.3) is 0 Å². The van der Waals surface area contributed by atoms with Crippen LogP contribution in [0, 0.1) is 6.92 Å². The summed E-state index contributed by atoms with van der Waals surface area (Å²) in [5.41, 5.74) is 3.04. The van der Waals surface area contributed by atoms with Crippen LogP contribution < -0.4 is 15.4 Å².